The van der Waals surface area contributed by atoms with E-state index in [4.69, 9.17) is 14.2 Å². The van der Waals surface area contributed by atoms with E-state index in [1.807, 2.05) is 19.9 Å². The maximum Gasteiger partial charge on any atom is 0.261 e. The molecule has 2 aromatic rings. The van der Waals surface area contributed by atoms with Crippen LogP contribution in [0.25, 0.3) is 0 Å². The highest BCUT2D eigenvalue weighted by molar-refractivity contribution is 5.81. The molecule has 0 heterocycles. The molecule has 2 rings (SSSR count). The summed E-state index contributed by atoms with van der Waals surface area (Å²) in [6.45, 7) is 3.71. The van der Waals surface area contributed by atoms with E-state index >= 15 is 0 Å². The number of halogens is 1. The Bertz CT molecular complexity index is 733. The van der Waals surface area contributed by atoms with Crippen LogP contribution >= 0.6 is 0 Å². The highest BCUT2D eigenvalue weighted by atomic mass is 19.1. The fourth-order valence-electron chi connectivity index (χ4n) is 2.56. The molecule has 140 valence electrons. The normalized spacial score (nSPS) is 12.8. The summed E-state index contributed by atoms with van der Waals surface area (Å²) in [6, 6.07) is 10.7. The van der Waals surface area contributed by atoms with Crippen molar-refractivity contribution in [2.75, 3.05) is 14.2 Å². The van der Waals surface area contributed by atoms with Gasteiger partial charge in [-0.1, -0.05) is 6.92 Å². The average Bonchev–Trinajstić information content (AvgIpc) is 2.66. The molecule has 2 aromatic carbocycles. The monoisotopic (exact) mass is 361 g/mol. The predicted molar refractivity (Wildman–Crippen MR) is 97.2 cm³/mol. The second-order valence-corrected chi connectivity index (χ2v) is 5.81. The van der Waals surface area contributed by atoms with Gasteiger partial charge in [-0.2, -0.15) is 0 Å². The van der Waals surface area contributed by atoms with Crippen molar-refractivity contribution in [2.24, 2.45) is 0 Å². The molecule has 0 bridgehead atoms. The fraction of sp³-hybridized carbons (Fsp3) is 0.350. The smallest absolute Gasteiger partial charge is 0.261 e. The van der Waals surface area contributed by atoms with Crippen LogP contribution in [0.15, 0.2) is 42.5 Å². The van der Waals surface area contributed by atoms with Gasteiger partial charge in [0.05, 0.1) is 20.3 Å². The van der Waals surface area contributed by atoms with Gasteiger partial charge in [0.25, 0.3) is 5.91 Å². The number of rotatable bonds is 8. The lowest BCUT2D eigenvalue weighted by molar-refractivity contribution is -0.128. The topological polar surface area (TPSA) is 56.8 Å². The first-order valence-corrected chi connectivity index (χ1v) is 8.43. The molecule has 0 aliphatic carbocycles. The number of carbonyl (C=O) groups is 1. The highest BCUT2D eigenvalue weighted by Gasteiger charge is 2.22. The zero-order chi connectivity index (χ0) is 19.1. The Balaban J connectivity index is 2.10. The van der Waals surface area contributed by atoms with Gasteiger partial charge in [-0.15, -0.1) is 0 Å². The van der Waals surface area contributed by atoms with Crippen LogP contribution in [0.3, 0.4) is 0 Å². The molecule has 0 aromatic heterocycles. The number of hydrogen-bond donors (Lipinski definition) is 1. The molecule has 0 aliphatic rings. The molecule has 1 amide bonds. The molecule has 6 heteroatoms. The third kappa shape index (κ3) is 4.88. The first-order chi connectivity index (χ1) is 12.5. The van der Waals surface area contributed by atoms with E-state index in [1.165, 1.54) is 24.3 Å². The summed E-state index contributed by atoms with van der Waals surface area (Å²) in [5.74, 6) is 1.17. The summed E-state index contributed by atoms with van der Waals surface area (Å²) in [4.78, 5) is 12.6. The summed E-state index contributed by atoms with van der Waals surface area (Å²) < 4.78 is 29.3. The Labute approximate surface area is 153 Å². The van der Waals surface area contributed by atoms with Crippen molar-refractivity contribution >= 4 is 5.91 Å². The van der Waals surface area contributed by atoms with Crippen molar-refractivity contribution in [3.63, 3.8) is 0 Å². The maximum atomic E-state index is 13.0. The van der Waals surface area contributed by atoms with Gasteiger partial charge >= 0.3 is 0 Å². The molecule has 0 fully saturated rings. The number of methoxy groups -OCH3 is 2. The van der Waals surface area contributed by atoms with Crippen molar-refractivity contribution < 1.29 is 23.4 Å². The zero-order valence-electron chi connectivity index (χ0n) is 15.4. The van der Waals surface area contributed by atoms with Crippen LogP contribution in [0.1, 0.15) is 31.9 Å². The molecule has 1 N–H and O–H groups in total. The Kier molecular flexibility index (Phi) is 6.83. The Morgan fingerprint density at radius 2 is 1.73 bits per heavy atom. The second-order valence-electron chi connectivity index (χ2n) is 5.81. The number of hydrogen-bond acceptors (Lipinski definition) is 4. The Morgan fingerprint density at radius 1 is 1.08 bits per heavy atom. The summed E-state index contributed by atoms with van der Waals surface area (Å²) >= 11 is 0. The maximum absolute atomic E-state index is 13.0. The lowest BCUT2D eigenvalue weighted by atomic mass is 10.1. The van der Waals surface area contributed by atoms with Crippen molar-refractivity contribution in [2.45, 2.75) is 32.4 Å². The number of benzene rings is 2. The van der Waals surface area contributed by atoms with E-state index in [-0.39, 0.29) is 17.8 Å². The van der Waals surface area contributed by atoms with Crippen LogP contribution in [-0.4, -0.2) is 26.2 Å². The number of nitrogens with one attached hydrogen (secondary N) is 1. The van der Waals surface area contributed by atoms with Crippen molar-refractivity contribution in [1.29, 1.82) is 0 Å². The SMILES string of the molecule is CC[C@@H](Oc1ccc(F)cc1)C(=O)N[C@@H](C)c1cc(OC)ccc1OC. The highest BCUT2D eigenvalue weighted by Crippen LogP contribution is 2.29. The molecular formula is C20H24FNO4. The molecule has 26 heavy (non-hydrogen) atoms. The van der Waals surface area contributed by atoms with E-state index < -0.39 is 6.10 Å². The van der Waals surface area contributed by atoms with Crippen LogP contribution in [0.4, 0.5) is 4.39 Å². The van der Waals surface area contributed by atoms with Gasteiger partial charge in [0.15, 0.2) is 6.10 Å². The molecule has 0 aliphatic heterocycles. The zero-order valence-corrected chi connectivity index (χ0v) is 15.4. The first kappa shape index (κ1) is 19.6. The van der Waals surface area contributed by atoms with Crippen molar-refractivity contribution in [3.8, 4) is 17.2 Å². The summed E-state index contributed by atoms with van der Waals surface area (Å²) in [5.41, 5.74) is 0.803. The summed E-state index contributed by atoms with van der Waals surface area (Å²) in [6.07, 6.45) is -0.204. The van der Waals surface area contributed by atoms with Gasteiger partial charge < -0.3 is 19.5 Å². The molecule has 0 saturated carbocycles. The van der Waals surface area contributed by atoms with E-state index in [2.05, 4.69) is 5.32 Å². The van der Waals surface area contributed by atoms with Crippen molar-refractivity contribution in [3.05, 3.63) is 53.8 Å². The Morgan fingerprint density at radius 3 is 2.31 bits per heavy atom. The van der Waals surface area contributed by atoms with Gasteiger partial charge in [0.1, 0.15) is 23.1 Å². The standard InChI is InChI=1S/C20H24FNO4/c1-5-18(26-15-8-6-14(21)7-9-15)20(23)22-13(2)17-12-16(24-3)10-11-19(17)25-4/h6-13,18H,5H2,1-4H3,(H,22,23)/t13-,18+/m0/s1. The number of carbonyl (C=O) groups excluding carboxylic acids is 1. The third-order valence-electron chi connectivity index (χ3n) is 4.02. The lowest BCUT2D eigenvalue weighted by Gasteiger charge is -2.22. The molecule has 2 atom stereocenters. The number of ether oxygens (including phenoxy) is 3. The van der Waals surface area contributed by atoms with Gasteiger partial charge in [-0.05, 0) is 55.8 Å². The predicted octanol–water partition coefficient (Wildman–Crippen LogP) is 3.88. The minimum Gasteiger partial charge on any atom is -0.497 e. The summed E-state index contributed by atoms with van der Waals surface area (Å²) in [7, 11) is 3.16. The van der Waals surface area contributed by atoms with Crippen LogP contribution in [0, 0.1) is 5.82 Å². The molecule has 0 spiro atoms. The van der Waals surface area contributed by atoms with Gasteiger partial charge in [-0.3, -0.25) is 4.79 Å². The largest absolute Gasteiger partial charge is 0.497 e. The first-order valence-electron chi connectivity index (χ1n) is 8.43. The van der Waals surface area contributed by atoms with E-state index in [0.29, 0.717) is 23.7 Å². The van der Waals surface area contributed by atoms with E-state index in [0.717, 1.165) is 5.56 Å². The molecular weight excluding hydrogens is 337 g/mol. The third-order valence-corrected chi connectivity index (χ3v) is 4.02. The van der Waals surface area contributed by atoms with Crippen LogP contribution in [0.5, 0.6) is 17.2 Å². The minimum absolute atomic E-state index is 0.255. The second kappa shape index (κ2) is 9.08. The van der Waals surface area contributed by atoms with Crippen molar-refractivity contribution in [1.82, 2.24) is 5.32 Å². The average molecular weight is 361 g/mol. The molecule has 0 radical (unpaired) electrons. The molecule has 0 saturated heterocycles. The fourth-order valence-corrected chi connectivity index (χ4v) is 2.56. The molecule has 5 nitrogen and oxygen atoms in total. The van der Waals surface area contributed by atoms with E-state index in [9.17, 15) is 9.18 Å². The molecule has 0 unspecified atom stereocenters. The van der Waals surface area contributed by atoms with Crippen LogP contribution in [-0.2, 0) is 4.79 Å². The Hall–Kier alpha value is -2.76. The number of amides is 1. The van der Waals surface area contributed by atoms with Gasteiger partial charge in [0, 0.05) is 5.56 Å². The quantitative estimate of drug-likeness (QED) is 0.775. The van der Waals surface area contributed by atoms with Crippen LogP contribution < -0.4 is 19.5 Å². The lowest BCUT2D eigenvalue weighted by Crippen LogP contribution is -2.39. The van der Waals surface area contributed by atoms with Gasteiger partial charge in [0.2, 0.25) is 0 Å². The van der Waals surface area contributed by atoms with E-state index in [1.54, 1.807) is 26.4 Å². The summed E-state index contributed by atoms with van der Waals surface area (Å²) in [5, 5.41) is 2.93. The van der Waals surface area contributed by atoms with Gasteiger partial charge in [-0.25, -0.2) is 4.39 Å². The minimum atomic E-state index is -0.681. The van der Waals surface area contributed by atoms with Crippen LogP contribution in [0.2, 0.25) is 0 Å².